The number of nitrogens with zero attached hydrogens (tertiary/aromatic N) is 2. The standard InChI is InChI=1S/C21H18FN3O3/c1-12-3-6-15(17(22)9-12)19-18(11-26)25-8-7-13-4-5-14(23-21(27)28-2)10-16(13)20(25)24-19/h3-10,26H,11H2,1-2H3,(H,23,27). The van der Waals surface area contributed by atoms with E-state index in [1.807, 2.05) is 19.1 Å². The number of aliphatic hydroxyl groups is 1. The number of ether oxygens (including phenoxy) is 1. The van der Waals surface area contributed by atoms with Crippen LogP contribution >= 0.6 is 0 Å². The third kappa shape index (κ3) is 2.95. The monoisotopic (exact) mass is 379 g/mol. The molecule has 7 heteroatoms. The topological polar surface area (TPSA) is 75.9 Å². The van der Waals surface area contributed by atoms with Crippen LogP contribution in [-0.2, 0) is 11.3 Å². The second-order valence-electron chi connectivity index (χ2n) is 6.48. The van der Waals surface area contributed by atoms with E-state index in [-0.39, 0.29) is 6.61 Å². The van der Waals surface area contributed by atoms with Gasteiger partial charge in [-0.3, -0.25) is 5.32 Å². The molecule has 4 aromatic rings. The van der Waals surface area contributed by atoms with E-state index in [1.54, 1.807) is 34.9 Å². The number of nitrogens with one attached hydrogen (secondary N) is 1. The minimum atomic E-state index is -0.576. The van der Waals surface area contributed by atoms with Crippen LogP contribution in [0.2, 0.25) is 0 Å². The first-order valence-electron chi connectivity index (χ1n) is 8.68. The van der Waals surface area contributed by atoms with Crippen molar-refractivity contribution in [3.05, 3.63) is 65.7 Å². The number of aliphatic hydroxyl groups excluding tert-OH is 1. The molecule has 142 valence electrons. The van der Waals surface area contributed by atoms with Crippen LogP contribution in [0.3, 0.4) is 0 Å². The van der Waals surface area contributed by atoms with Crippen molar-refractivity contribution in [3.63, 3.8) is 0 Å². The molecule has 2 aromatic carbocycles. The number of carbonyl (C=O) groups is 1. The summed E-state index contributed by atoms with van der Waals surface area (Å²) in [5, 5.41) is 14.2. The number of methoxy groups -OCH3 is 1. The van der Waals surface area contributed by atoms with E-state index in [4.69, 9.17) is 0 Å². The molecule has 0 aliphatic heterocycles. The summed E-state index contributed by atoms with van der Waals surface area (Å²) in [6, 6.07) is 12.2. The first kappa shape index (κ1) is 17.9. The summed E-state index contributed by atoms with van der Waals surface area (Å²) >= 11 is 0. The van der Waals surface area contributed by atoms with Gasteiger partial charge in [0.15, 0.2) is 0 Å². The van der Waals surface area contributed by atoms with Crippen LogP contribution in [0, 0.1) is 12.7 Å². The summed E-state index contributed by atoms with van der Waals surface area (Å²) in [5.41, 5.74) is 3.12. The van der Waals surface area contributed by atoms with Gasteiger partial charge < -0.3 is 14.2 Å². The van der Waals surface area contributed by atoms with Crippen LogP contribution in [0.5, 0.6) is 0 Å². The zero-order valence-corrected chi connectivity index (χ0v) is 15.4. The Labute approximate surface area is 160 Å². The molecule has 0 aliphatic carbocycles. The van der Waals surface area contributed by atoms with Gasteiger partial charge in [-0.05, 0) is 48.2 Å². The number of anilines is 1. The predicted molar refractivity (Wildman–Crippen MR) is 105 cm³/mol. The number of benzene rings is 2. The lowest BCUT2D eigenvalue weighted by Crippen LogP contribution is -2.10. The Morgan fingerprint density at radius 2 is 2.07 bits per heavy atom. The van der Waals surface area contributed by atoms with Gasteiger partial charge >= 0.3 is 6.09 Å². The minimum Gasteiger partial charge on any atom is -0.453 e. The van der Waals surface area contributed by atoms with E-state index in [2.05, 4.69) is 15.0 Å². The van der Waals surface area contributed by atoms with Crippen LogP contribution in [0.4, 0.5) is 14.9 Å². The second kappa shape index (κ2) is 6.94. The molecule has 28 heavy (non-hydrogen) atoms. The number of pyridine rings is 1. The van der Waals surface area contributed by atoms with Crippen LogP contribution in [0.1, 0.15) is 11.3 Å². The normalized spacial score (nSPS) is 11.1. The van der Waals surface area contributed by atoms with Crippen molar-refractivity contribution >= 4 is 28.2 Å². The Morgan fingerprint density at radius 3 is 2.79 bits per heavy atom. The van der Waals surface area contributed by atoms with Gasteiger partial charge in [0.2, 0.25) is 0 Å². The fraction of sp³-hybridized carbons (Fsp3) is 0.143. The lowest BCUT2D eigenvalue weighted by molar-refractivity contribution is 0.187. The van der Waals surface area contributed by atoms with Gasteiger partial charge in [0, 0.05) is 22.8 Å². The van der Waals surface area contributed by atoms with E-state index in [0.717, 1.165) is 16.3 Å². The summed E-state index contributed by atoms with van der Waals surface area (Å²) in [4.78, 5) is 16.1. The van der Waals surface area contributed by atoms with Gasteiger partial charge in [-0.25, -0.2) is 14.2 Å². The van der Waals surface area contributed by atoms with Crippen molar-refractivity contribution in [2.24, 2.45) is 0 Å². The van der Waals surface area contributed by atoms with E-state index >= 15 is 0 Å². The lowest BCUT2D eigenvalue weighted by Gasteiger charge is -2.07. The third-order valence-electron chi connectivity index (χ3n) is 4.67. The average molecular weight is 379 g/mol. The first-order valence-corrected chi connectivity index (χ1v) is 8.68. The van der Waals surface area contributed by atoms with Crippen molar-refractivity contribution in [1.82, 2.24) is 9.38 Å². The van der Waals surface area contributed by atoms with Gasteiger partial charge in [0.1, 0.15) is 11.5 Å². The fourth-order valence-electron chi connectivity index (χ4n) is 3.29. The van der Waals surface area contributed by atoms with Gasteiger partial charge in [0.25, 0.3) is 0 Å². The maximum absolute atomic E-state index is 14.5. The van der Waals surface area contributed by atoms with Crippen LogP contribution in [-0.4, -0.2) is 27.7 Å². The molecule has 0 spiro atoms. The van der Waals surface area contributed by atoms with Gasteiger partial charge in [-0.15, -0.1) is 0 Å². The van der Waals surface area contributed by atoms with Crippen molar-refractivity contribution < 1.29 is 19.0 Å². The molecule has 0 fully saturated rings. The van der Waals surface area contributed by atoms with Crippen LogP contribution < -0.4 is 5.32 Å². The molecule has 1 amide bonds. The highest BCUT2D eigenvalue weighted by Gasteiger charge is 2.18. The SMILES string of the molecule is COC(=O)Nc1ccc2ccn3c(CO)c(-c4ccc(C)cc4F)nc3c2c1. The quantitative estimate of drug-likeness (QED) is 0.557. The summed E-state index contributed by atoms with van der Waals surface area (Å²) in [5.74, 6) is -0.393. The molecule has 0 saturated heterocycles. The van der Waals surface area contributed by atoms with E-state index < -0.39 is 11.9 Å². The van der Waals surface area contributed by atoms with Crippen LogP contribution in [0.15, 0.2) is 48.7 Å². The van der Waals surface area contributed by atoms with Gasteiger partial charge in [-0.1, -0.05) is 12.1 Å². The highest BCUT2D eigenvalue weighted by atomic mass is 19.1. The number of aryl methyl sites for hydroxylation is 1. The molecule has 0 atom stereocenters. The maximum atomic E-state index is 14.5. The molecule has 0 radical (unpaired) electrons. The van der Waals surface area contributed by atoms with Crippen molar-refractivity contribution in [3.8, 4) is 11.3 Å². The number of imidazole rings is 1. The number of carbonyl (C=O) groups excluding carboxylic acids is 1. The number of aromatic nitrogens is 2. The first-order chi connectivity index (χ1) is 13.5. The molecule has 0 saturated carbocycles. The van der Waals surface area contributed by atoms with Crippen molar-refractivity contribution in [1.29, 1.82) is 0 Å². The fourth-order valence-corrected chi connectivity index (χ4v) is 3.29. The number of fused-ring (bicyclic) bond motifs is 3. The third-order valence-corrected chi connectivity index (χ3v) is 4.67. The summed E-state index contributed by atoms with van der Waals surface area (Å²) < 4.78 is 20.9. The summed E-state index contributed by atoms with van der Waals surface area (Å²) in [6.45, 7) is 1.52. The Bertz CT molecular complexity index is 1220. The minimum absolute atomic E-state index is 0.296. The Kier molecular flexibility index (Phi) is 4.44. The summed E-state index contributed by atoms with van der Waals surface area (Å²) in [7, 11) is 1.29. The van der Waals surface area contributed by atoms with Gasteiger partial charge in [0.05, 0.1) is 25.1 Å². The Hall–Kier alpha value is -3.45. The largest absolute Gasteiger partial charge is 0.453 e. The molecular weight excluding hydrogens is 361 g/mol. The predicted octanol–water partition coefficient (Wildman–Crippen LogP) is 4.27. The Balaban J connectivity index is 1.96. The number of halogens is 1. The molecule has 0 aliphatic rings. The molecule has 2 aromatic heterocycles. The zero-order valence-electron chi connectivity index (χ0n) is 15.4. The average Bonchev–Trinajstić information content (AvgIpc) is 3.06. The molecule has 0 unspecified atom stereocenters. The lowest BCUT2D eigenvalue weighted by atomic mass is 10.1. The van der Waals surface area contributed by atoms with E-state index in [0.29, 0.717) is 28.3 Å². The van der Waals surface area contributed by atoms with E-state index in [9.17, 15) is 14.3 Å². The number of hydrogen-bond acceptors (Lipinski definition) is 4. The number of amides is 1. The molecule has 2 heterocycles. The van der Waals surface area contributed by atoms with Crippen LogP contribution in [0.25, 0.3) is 27.7 Å². The second-order valence-corrected chi connectivity index (χ2v) is 6.48. The summed E-state index contributed by atoms with van der Waals surface area (Å²) in [6.07, 6.45) is 1.22. The molecule has 6 nitrogen and oxygen atoms in total. The van der Waals surface area contributed by atoms with Gasteiger partial charge in [-0.2, -0.15) is 0 Å². The zero-order chi connectivity index (χ0) is 19.8. The molecular formula is C21H18FN3O3. The highest BCUT2D eigenvalue weighted by molar-refractivity contribution is 5.99. The number of rotatable bonds is 3. The Morgan fingerprint density at radius 1 is 1.25 bits per heavy atom. The highest BCUT2D eigenvalue weighted by Crippen LogP contribution is 2.31. The molecule has 4 rings (SSSR count). The molecule has 0 bridgehead atoms. The molecule has 2 N–H and O–H groups in total. The smallest absolute Gasteiger partial charge is 0.411 e. The number of hydrogen-bond donors (Lipinski definition) is 2. The maximum Gasteiger partial charge on any atom is 0.411 e. The van der Waals surface area contributed by atoms with Crippen molar-refractivity contribution in [2.75, 3.05) is 12.4 Å². The van der Waals surface area contributed by atoms with E-state index in [1.165, 1.54) is 13.2 Å². The van der Waals surface area contributed by atoms with Crippen molar-refractivity contribution in [2.45, 2.75) is 13.5 Å².